The minimum absolute atomic E-state index is 0.144. The summed E-state index contributed by atoms with van der Waals surface area (Å²) in [5, 5.41) is 0. The molecule has 1 unspecified atom stereocenters. The predicted molar refractivity (Wildman–Crippen MR) is 278 cm³/mol. The lowest BCUT2D eigenvalue weighted by molar-refractivity contribution is -0.166. The number of ether oxygens (including phenoxy) is 3. The van der Waals surface area contributed by atoms with Gasteiger partial charge in [0.05, 0.1) is 0 Å². The van der Waals surface area contributed by atoms with Gasteiger partial charge in [0.15, 0.2) is 6.10 Å². The average molecular weight is 893 g/mol. The van der Waals surface area contributed by atoms with Gasteiger partial charge in [-0.3, -0.25) is 14.4 Å². The van der Waals surface area contributed by atoms with E-state index in [2.05, 4.69) is 167 Å². The van der Waals surface area contributed by atoms with Crippen molar-refractivity contribution in [1.82, 2.24) is 0 Å². The predicted octanol–water partition coefficient (Wildman–Crippen LogP) is 16.6. The third-order valence-corrected chi connectivity index (χ3v) is 9.52. The zero-order chi connectivity index (χ0) is 47.2. The molecule has 0 bridgehead atoms. The first-order valence-electron chi connectivity index (χ1n) is 25.0. The second kappa shape index (κ2) is 51.7. The summed E-state index contributed by atoms with van der Waals surface area (Å²) in [6.45, 7) is 6.13. The molecule has 0 aromatic heterocycles. The Morgan fingerprint density at radius 2 is 0.585 bits per heavy atom. The molecule has 0 aromatic rings. The van der Waals surface area contributed by atoms with E-state index in [9.17, 15) is 14.4 Å². The standard InChI is InChI=1S/C59H88O6/c1-4-7-10-13-16-19-22-25-26-27-28-29-30-31-32-35-37-40-43-46-49-52-58(61)64-55-56(65-59(62)53-50-47-44-41-38-34-24-21-18-15-12-9-6-3)54-63-57(60)51-48-45-42-39-36-33-23-20-17-14-11-8-5-2/h7-12,16-21,25-26,28-29,31-34,36-38,40,44,47,56H,4-6,13-15,22-24,27,30,35,39,41-43,45-46,48-55H2,1-3H3/b10-7-,11-8-,12-9-,19-16-,20-17-,21-18-,26-25-,29-28-,32-31-,36-33-,38-34-,40-37-,47-44-. The molecule has 1 atom stereocenters. The maximum absolute atomic E-state index is 12.7. The lowest BCUT2D eigenvalue weighted by Crippen LogP contribution is -2.30. The first-order valence-corrected chi connectivity index (χ1v) is 25.0. The molecule has 0 aliphatic heterocycles. The van der Waals surface area contributed by atoms with Crippen molar-refractivity contribution in [2.45, 2.75) is 181 Å². The molecule has 0 spiro atoms. The van der Waals surface area contributed by atoms with Gasteiger partial charge in [0.1, 0.15) is 13.2 Å². The molecular formula is C59H88O6. The van der Waals surface area contributed by atoms with Crippen molar-refractivity contribution in [3.8, 4) is 0 Å². The number of carbonyl (C=O) groups is 3. The van der Waals surface area contributed by atoms with Gasteiger partial charge in [0.2, 0.25) is 0 Å². The molecule has 0 radical (unpaired) electrons. The van der Waals surface area contributed by atoms with Crippen LogP contribution in [-0.4, -0.2) is 37.2 Å². The van der Waals surface area contributed by atoms with Gasteiger partial charge in [-0.2, -0.15) is 0 Å². The van der Waals surface area contributed by atoms with Gasteiger partial charge in [-0.1, -0.05) is 185 Å². The number of carbonyl (C=O) groups excluding carboxylic acids is 3. The Morgan fingerprint density at radius 3 is 0.923 bits per heavy atom. The summed E-state index contributed by atoms with van der Waals surface area (Å²) in [5.74, 6) is -1.11. The van der Waals surface area contributed by atoms with Gasteiger partial charge in [-0.15, -0.1) is 0 Å². The van der Waals surface area contributed by atoms with Crippen LogP contribution in [0, 0.1) is 0 Å². The summed E-state index contributed by atoms with van der Waals surface area (Å²) in [4.78, 5) is 37.9. The van der Waals surface area contributed by atoms with Crippen molar-refractivity contribution in [1.29, 1.82) is 0 Å². The Bertz CT molecular complexity index is 1540. The third-order valence-electron chi connectivity index (χ3n) is 9.52. The van der Waals surface area contributed by atoms with E-state index in [-0.39, 0.29) is 38.0 Å². The summed E-state index contributed by atoms with van der Waals surface area (Å²) in [6.07, 6.45) is 75.3. The lowest BCUT2D eigenvalue weighted by atomic mass is 10.1. The average Bonchev–Trinajstić information content (AvgIpc) is 3.30. The molecule has 0 N–H and O–H groups in total. The van der Waals surface area contributed by atoms with Crippen LogP contribution in [0.3, 0.4) is 0 Å². The fraction of sp³-hybridized carbons (Fsp3) is 0.508. The summed E-state index contributed by atoms with van der Waals surface area (Å²) >= 11 is 0. The Kier molecular flexibility index (Phi) is 47.7. The van der Waals surface area contributed by atoms with Crippen LogP contribution < -0.4 is 0 Å². The zero-order valence-electron chi connectivity index (χ0n) is 40.9. The topological polar surface area (TPSA) is 78.9 Å². The molecule has 6 nitrogen and oxygen atoms in total. The highest BCUT2D eigenvalue weighted by molar-refractivity contribution is 5.71. The molecule has 0 aliphatic rings. The number of hydrogen-bond acceptors (Lipinski definition) is 6. The van der Waals surface area contributed by atoms with Gasteiger partial charge in [0.25, 0.3) is 0 Å². The Hall–Kier alpha value is -4.97. The van der Waals surface area contributed by atoms with Crippen molar-refractivity contribution in [3.63, 3.8) is 0 Å². The highest BCUT2D eigenvalue weighted by Crippen LogP contribution is 2.09. The van der Waals surface area contributed by atoms with E-state index in [1.165, 1.54) is 0 Å². The van der Waals surface area contributed by atoms with Crippen LogP contribution in [0.2, 0.25) is 0 Å². The van der Waals surface area contributed by atoms with E-state index in [0.717, 1.165) is 122 Å². The second-order valence-corrected chi connectivity index (χ2v) is 15.6. The first-order chi connectivity index (χ1) is 32.0. The summed E-state index contributed by atoms with van der Waals surface area (Å²) < 4.78 is 16.6. The number of rotatable bonds is 42. The first kappa shape index (κ1) is 60.0. The largest absolute Gasteiger partial charge is 0.462 e. The normalized spacial score (nSPS) is 13.5. The van der Waals surface area contributed by atoms with Crippen LogP contribution in [0.1, 0.15) is 175 Å². The monoisotopic (exact) mass is 893 g/mol. The van der Waals surface area contributed by atoms with Crippen molar-refractivity contribution >= 4 is 17.9 Å². The molecule has 0 aliphatic carbocycles. The summed E-state index contributed by atoms with van der Waals surface area (Å²) in [7, 11) is 0. The molecule has 0 fully saturated rings. The van der Waals surface area contributed by atoms with Crippen molar-refractivity contribution in [2.24, 2.45) is 0 Å². The summed E-state index contributed by atoms with van der Waals surface area (Å²) in [5.41, 5.74) is 0. The maximum atomic E-state index is 12.7. The maximum Gasteiger partial charge on any atom is 0.306 e. The van der Waals surface area contributed by atoms with E-state index in [1.807, 2.05) is 12.2 Å². The second-order valence-electron chi connectivity index (χ2n) is 15.6. The van der Waals surface area contributed by atoms with Gasteiger partial charge in [0, 0.05) is 19.3 Å². The van der Waals surface area contributed by atoms with E-state index in [4.69, 9.17) is 14.2 Å². The van der Waals surface area contributed by atoms with E-state index in [0.29, 0.717) is 19.3 Å². The molecule has 0 aromatic carbocycles. The van der Waals surface area contributed by atoms with Gasteiger partial charge < -0.3 is 14.2 Å². The lowest BCUT2D eigenvalue weighted by Gasteiger charge is -2.18. The van der Waals surface area contributed by atoms with Crippen LogP contribution >= 0.6 is 0 Å². The minimum Gasteiger partial charge on any atom is -0.462 e. The van der Waals surface area contributed by atoms with Crippen molar-refractivity contribution in [2.75, 3.05) is 13.2 Å². The number of allylic oxidation sites excluding steroid dienone is 26. The molecule has 0 saturated carbocycles. The third kappa shape index (κ3) is 49.9. The van der Waals surface area contributed by atoms with Crippen LogP contribution in [-0.2, 0) is 28.6 Å². The van der Waals surface area contributed by atoms with Crippen LogP contribution in [0.15, 0.2) is 158 Å². The Labute approximate surface area is 397 Å². The van der Waals surface area contributed by atoms with E-state index in [1.54, 1.807) is 0 Å². The summed E-state index contributed by atoms with van der Waals surface area (Å²) in [6, 6.07) is 0. The van der Waals surface area contributed by atoms with Gasteiger partial charge >= 0.3 is 17.9 Å². The molecule has 0 saturated heterocycles. The number of hydrogen-bond donors (Lipinski definition) is 0. The number of unbranched alkanes of at least 4 members (excludes halogenated alkanes) is 5. The van der Waals surface area contributed by atoms with Crippen LogP contribution in [0.25, 0.3) is 0 Å². The Morgan fingerprint density at radius 1 is 0.308 bits per heavy atom. The molecule has 360 valence electrons. The Balaban J connectivity index is 4.59. The fourth-order valence-electron chi connectivity index (χ4n) is 5.88. The quantitative estimate of drug-likeness (QED) is 0.0263. The molecule has 0 amide bonds. The number of esters is 3. The SMILES string of the molecule is CC/C=C\C/C=C\C/C=C\C/C=C\C/C=C\C/C=C\CCCCC(=O)OCC(COC(=O)CCCCC/C=C\C/C=C\C/C=C\CC)OC(=O)CC/C=C\C/C=C\C/C=C\C/C=C\CC. The van der Waals surface area contributed by atoms with Gasteiger partial charge in [-0.25, -0.2) is 0 Å². The van der Waals surface area contributed by atoms with E-state index < -0.39 is 12.1 Å². The van der Waals surface area contributed by atoms with Gasteiger partial charge in [-0.05, 0) is 128 Å². The van der Waals surface area contributed by atoms with Crippen LogP contribution in [0.4, 0.5) is 0 Å². The van der Waals surface area contributed by atoms with Crippen LogP contribution in [0.5, 0.6) is 0 Å². The molecule has 65 heavy (non-hydrogen) atoms. The fourth-order valence-corrected chi connectivity index (χ4v) is 5.88. The molecule has 0 heterocycles. The van der Waals surface area contributed by atoms with Crippen molar-refractivity contribution in [3.05, 3.63) is 158 Å². The minimum atomic E-state index is -0.853. The molecular weight excluding hydrogens is 805 g/mol. The highest BCUT2D eigenvalue weighted by Gasteiger charge is 2.19. The van der Waals surface area contributed by atoms with Crippen molar-refractivity contribution < 1.29 is 28.6 Å². The molecule has 0 rings (SSSR count). The smallest absolute Gasteiger partial charge is 0.306 e. The molecule has 6 heteroatoms. The van der Waals surface area contributed by atoms with E-state index >= 15 is 0 Å². The zero-order valence-corrected chi connectivity index (χ0v) is 40.9. The highest BCUT2D eigenvalue weighted by atomic mass is 16.6.